The van der Waals surface area contributed by atoms with Gasteiger partial charge in [-0.2, -0.15) is 0 Å². The standard InChI is InChI=1S/C20H22I/c1-2-7-15(8-3-1)17-11-6-12-19-18(17)13-14-20(19)21-16-9-4-5-10-16/h1-3,6-8,11-12,16,20H,4-5,9-10,13-14H2/q-1. The van der Waals surface area contributed by atoms with Gasteiger partial charge in [-0.1, -0.05) is 0 Å². The van der Waals surface area contributed by atoms with Crippen LogP contribution in [0.15, 0.2) is 48.5 Å². The van der Waals surface area contributed by atoms with E-state index < -0.39 is 0 Å². The van der Waals surface area contributed by atoms with E-state index in [4.69, 9.17) is 0 Å². The first kappa shape index (κ1) is 13.8. The maximum atomic E-state index is 2.42. The van der Waals surface area contributed by atoms with Crippen LogP contribution in [0.2, 0.25) is 0 Å². The maximum absolute atomic E-state index is 2.42. The Labute approximate surface area is 138 Å². The second-order valence-corrected chi connectivity index (χ2v) is 10.2. The average Bonchev–Trinajstić information content (AvgIpc) is 3.19. The summed E-state index contributed by atoms with van der Waals surface area (Å²) < 4.78 is 2.05. The molecule has 0 N–H and O–H groups in total. The van der Waals surface area contributed by atoms with Crippen LogP contribution in [-0.4, -0.2) is 3.92 Å². The van der Waals surface area contributed by atoms with E-state index in [1.54, 1.807) is 11.1 Å². The number of fused-ring (bicyclic) bond motifs is 1. The number of hydrogen-bond acceptors (Lipinski definition) is 0. The summed E-state index contributed by atoms with van der Waals surface area (Å²) in [5, 5.41) is 0. The average molecular weight is 389 g/mol. The molecule has 0 saturated heterocycles. The van der Waals surface area contributed by atoms with E-state index in [9.17, 15) is 0 Å². The number of alkyl halides is 2. The van der Waals surface area contributed by atoms with Crippen LogP contribution in [0, 0.1) is 0 Å². The summed E-state index contributed by atoms with van der Waals surface area (Å²) in [4.78, 5) is 0. The van der Waals surface area contributed by atoms with E-state index in [1.807, 2.05) is 0 Å². The summed E-state index contributed by atoms with van der Waals surface area (Å²) in [6, 6.07) is 18.0. The van der Waals surface area contributed by atoms with Crippen molar-refractivity contribution in [2.75, 3.05) is 0 Å². The van der Waals surface area contributed by atoms with E-state index in [0.717, 1.165) is 7.85 Å². The molecule has 0 bridgehead atoms. The second-order valence-electron chi connectivity index (χ2n) is 6.25. The minimum atomic E-state index is 0.346. The molecule has 2 aliphatic carbocycles. The topological polar surface area (TPSA) is 0 Å². The first-order chi connectivity index (χ1) is 10.4. The molecular weight excluding hydrogens is 367 g/mol. The van der Waals surface area contributed by atoms with Crippen molar-refractivity contribution >= 4 is 0 Å². The first-order valence-electron chi connectivity index (χ1n) is 8.21. The molecule has 0 aromatic heterocycles. The summed E-state index contributed by atoms with van der Waals surface area (Å²) >= 11 is 0.346. The van der Waals surface area contributed by atoms with E-state index in [0.29, 0.717) is 21.2 Å². The summed E-state index contributed by atoms with van der Waals surface area (Å²) in [6.45, 7) is 0. The van der Waals surface area contributed by atoms with Crippen LogP contribution < -0.4 is 21.2 Å². The van der Waals surface area contributed by atoms with Gasteiger partial charge in [-0.15, -0.1) is 0 Å². The Morgan fingerprint density at radius 1 is 0.810 bits per heavy atom. The van der Waals surface area contributed by atoms with Crippen molar-refractivity contribution in [3.63, 3.8) is 0 Å². The fourth-order valence-corrected chi connectivity index (χ4v) is 8.31. The Bertz CT molecular complexity index is 611. The predicted octanol–water partition coefficient (Wildman–Crippen LogP) is 2.37. The molecule has 2 aliphatic rings. The Balaban J connectivity index is 1.64. The quantitative estimate of drug-likeness (QED) is 0.559. The molecule has 0 heterocycles. The molecule has 1 heteroatoms. The SMILES string of the molecule is c1ccc(-c2cccc3c2CCC3[I-]C2CCCC2)cc1. The summed E-state index contributed by atoms with van der Waals surface area (Å²) in [6.07, 6.45) is 8.76. The van der Waals surface area contributed by atoms with Crippen LogP contribution in [-0.2, 0) is 6.42 Å². The summed E-state index contributed by atoms with van der Waals surface area (Å²) in [7, 11) is 0. The van der Waals surface area contributed by atoms with Gasteiger partial charge in [0.2, 0.25) is 0 Å². The van der Waals surface area contributed by atoms with Crippen molar-refractivity contribution in [3.8, 4) is 11.1 Å². The molecule has 1 unspecified atom stereocenters. The minimum absolute atomic E-state index is 0.346. The molecule has 21 heavy (non-hydrogen) atoms. The van der Waals surface area contributed by atoms with Gasteiger partial charge in [-0.3, -0.25) is 0 Å². The molecule has 2 aromatic rings. The van der Waals surface area contributed by atoms with Gasteiger partial charge in [0.1, 0.15) is 0 Å². The molecular formula is C20H22I-. The van der Waals surface area contributed by atoms with Crippen molar-refractivity contribution in [1.29, 1.82) is 0 Å². The zero-order chi connectivity index (χ0) is 14.1. The number of benzene rings is 2. The van der Waals surface area contributed by atoms with E-state index >= 15 is 0 Å². The van der Waals surface area contributed by atoms with Crippen LogP contribution in [0.25, 0.3) is 11.1 Å². The third-order valence-corrected chi connectivity index (χ3v) is 9.32. The van der Waals surface area contributed by atoms with Gasteiger partial charge in [0.25, 0.3) is 0 Å². The van der Waals surface area contributed by atoms with Crippen LogP contribution in [0.4, 0.5) is 0 Å². The van der Waals surface area contributed by atoms with Crippen molar-refractivity contribution < 1.29 is 21.2 Å². The fourth-order valence-electron chi connectivity index (χ4n) is 3.84. The molecule has 0 nitrogen and oxygen atoms in total. The zero-order valence-corrected chi connectivity index (χ0v) is 14.6. The summed E-state index contributed by atoms with van der Waals surface area (Å²) in [5.41, 5.74) is 6.25. The number of hydrogen-bond donors (Lipinski definition) is 0. The van der Waals surface area contributed by atoms with Gasteiger partial charge >= 0.3 is 138 Å². The van der Waals surface area contributed by atoms with Crippen molar-refractivity contribution in [3.05, 3.63) is 59.7 Å². The molecule has 1 fully saturated rings. The monoisotopic (exact) mass is 389 g/mol. The van der Waals surface area contributed by atoms with Crippen LogP contribution in [0.1, 0.15) is 47.2 Å². The van der Waals surface area contributed by atoms with Crippen molar-refractivity contribution in [1.82, 2.24) is 0 Å². The molecule has 4 rings (SSSR count). The Morgan fingerprint density at radius 3 is 2.43 bits per heavy atom. The summed E-state index contributed by atoms with van der Waals surface area (Å²) in [5.74, 6) is 0. The van der Waals surface area contributed by atoms with Crippen LogP contribution >= 0.6 is 0 Å². The Hall–Kier alpha value is -0.830. The van der Waals surface area contributed by atoms with Gasteiger partial charge in [-0.25, -0.2) is 0 Å². The van der Waals surface area contributed by atoms with Crippen molar-refractivity contribution in [2.24, 2.45) is 0 Å². The fraction of sp³-hybridized carbons (Fsp3) is 0.400. The molecule has 1 atom stereocenters. The van der Waals surface area contributed by atoms with E-state index in [-0.39, 0.29) is 0 Å². The second kappa shape index (κ2) is 6.12. The van der Waals surface area contributed by atoms with Gasteiger partial charge in [0.15, 0.2) is 0 Å². The molecule has 0 spiro atoms. The van der Waals surface area contributed by atoms with Crippen LogP contribution in [0.3, 0.4) is 0 Å². The Kier molecular flexibility index (Phi) is 4.02. The normalized spacial score (nSPS) is 21.8. The Morgan fingerprint density at radius 2 is 1.62 bits per heavy atom. The molecule has 0 radical (unpaired) electrons. The zero-order valence-electron chi connectivity index (χ0n) is 12.4. The van der Waals surface area contributed by atoms with E-state index in [1.165, 1.54) is 49.7 Å². The van der Waals surface area contributed by atoms with Crippen molar-refractivity contribution in [2.45, 2.75) is 46.4 Å². The third kappa shape index (κ3) is 2.77. The van der Waals surface area contributed by atoms with Gasteiger partial charge in [0.05, 0.1) is 0 Å². The molecule has 2 aromatic carbocycles. The third-order valence-electron chi connectivity index (χ3n) is 4.90. The van der Waals surface area contributed by atoms with E-state index in [2.05, 4.69) is 48.5 Å². The first-order valence-corrected chi connectivity index (χ1v) is 10.7. The molecule has 110 valence electrons. The van der Waals surface area contributed by atoms with Gasteiger partial charge in [0, 0.05) is 0 Å². The molecule has 1 saturated carbocycles. The van der Waals surface area contributed by atoms with Gasteiger partial charge < -0.3 is 0 Å². The number of rotatable bonds is 3. The predicted molar refractivity (Wildman–Crippen MR) is 85.2 cm³/mol. The van der Waals surface area contributed by atoms with Crippen LogP contribution in [0.5, 0.6) is 0 Å². The molecule has 0 aliphatic heterocycles. The van der Waals surface area contributed by atoms with Gasteiger partial charge in [-0.05, 0) is 0 Å². The molecule has 0 amide bonds. The number of halogens is 1.